The standard InChI is InChI=1S/C18H18N4O3S/c1-11-8-20-12(9-19-11)10-22-15(7-17(23)21-18(22)26)14-5-4-13(24-2)6-16(14)25-3/h4-9H,10H2,1-3H3,(H,21,23,26). The molecule has 0 aliphatic carbocycles. The van der Waals surface area contributed by atoms with Gasteiger partial charge in [-0.15, -0.1) is 0 Å². The van der Waals surface area contributed by atoms with E-state index in [1.54, 1.807) is 43.3 Å². The van der Waals surface area contributed by atoms with Gasteiger partial charge in [0.05, 0.1) is 44.0 Å². The highest BCUT2D eigenvalue weighted by molar-refractivity contribution is 7.71. The molecule has 0 fully saturated rings. The van der Waals surface area contributed by atoms with Gasteiger partial charge in [-0.3, -0.25) is 19.7 Å². The normalized spacial score (nSPS) is 10.6. The van der Waals surface area contributed by atoms with Crippen molar-refractivity contribution >= 4 is 12.2 Å². The summed E-state index contributed by atoms with van der Waals surface area (Å²) in [5.41, 5.74) is 2.63. The molecular weight excluding hydrogens is 352 g/mol. The van der Waals surface area contributed by atoms with Crippen LogP contribution in [-0.2, 0) is 6.54 Å². The van der Waals surface area contributed by atoms with E-state index in [-0.39, 0.29) is 5.56 Å². The van der Waals surface area contributed by atoms with Crippen LogP contribution in [0.4, 0.5) is 0 Å². The number of benzene rings is 1. The summed E-state index contributed by atoms with van der Waals surface area (Å²) in [6, 6.07) is 6.88. The number of methoxy groups -OCH3 is 2. The van der Waals surface area contributed by atoms with Crippen LogP contribution >= 0.6 is 12.2 Å². The number of ether oxygens (including phenoxy) is 2. The molecule has 0 amide bonds. The monoisotopic (exact) mass is 370 g/mol. The SMILES string of the molecule is COc1ccc(-c2cc(=O)[nH]c(=S)n2Cc2cnc(C)cn2)c(OC)c1. The lowest BCUT2D eigenvalue weighted by atomic mass is 10.1. The van der Waals surface area contributed by atoms with Gasteiger partial charge in [-0.1, -0.05) is 0 Å². The summed E-state index contributed by atoms with van der Waals surface area (Å²) in [7, 11) is 3.15. The third-order valence-corrected chi connectivity index (χ3v) is 4.20. The van der Waals surface area contributed by atoms with Gasteiger partial charge in [0.15, 0.2) is 4.77 Å². The zero-order valence-electron chi connectivity index (χ0n) is 14.6. The van der Waals surface area contributed by atoms with Gasteiger partial charge in [-0.2, -0.15) is 0 Å². The van der Waals surface area contributed by atoms with Crippen LogP contribution in [0.5, 0.6) is 11.5 Å². The predicted molar refractivity (Wildman–Crippen MR) is 100 cm³/mol. The lowest BCUT2D eigenvalue weighted by Gasteiger charge is -2.16. The second-order valence-electron chi connectivity index (χ2n) is 5.63. The number of nitrogens with zero attached hydrogens (tertiary/aromatic N) is 3. The molecule has 26 heavy (non-hydrogen) atoms. The molecule has 3 rings (SSSR count). The number of hydrogen-bond donors (Lipinski definition) is 1. The third kappa shape index (κ3) is 3.65. The highest BCUT2D eigenvalue weighted by atomic mass is 32.1. The van der Waals surface area contributed by atoms with Crippen molar-refractivity contribution < 1.29 is 9.47 Å². The molecule has 2 heterocycles. The first kappa shape index (κ1) is 17.8. The molecule has 134 valence electrons. The molecule has 0 aliphatic rings. The summed E-state index contributed by atoms with van der Waals surface area (Å²) in [5, 5.41) is 0. The molecule has 0 saturated carbocycles. The Kier molecular flexibility index (Phi) is 5.13. The third-order valence-electron chi connectivity index (χ3n) is 3.87. The van der Waals surface area contributed by atoms with E-state index >= 15 is 0 Å². The number of H-pyrrole nitrogens is 1. The molecule has 8 heteroatoms. The maximum absolute atomic E-state index is 12.0. The predicted octanol–water partition coefficient (Wildman–Crippen LogP) is 2.74. The van der Waals surface area contributed by atoms with Crippen LogP contribution < -0.4 is 15.0 Å². The van der Waals surface area contributed by atoms with Gasteiger partial charge in [0.1, 0.15) is 11.5 Å². The van der Waals surface area contributed by atoms with Crippen molar-refractivity contribution in [3.05, 3.63) is 63.2 Å². The van der Waals surface area contributed by atoms with Crippen LogP contribution in [-0.4, -0.2) is 33.7 Å². The van der Waals surface area contributed by atoms with Crippen LogP contribution in [0.1, 0.15) is 11.4 Å². The van der Waals surface area contributed by atoms with Crippen molar-refractivity contribution in [2.75, 3.05) is 14.2 Å². The Morgan fingerprint density at radius 1 is 1.15 bits per heavy atom. The van der Waals surface area contributed by atoms with Crippen LogP contribution in [0.3, 0.4) is 0 Å². The smallest absolute Gasteiger partial charge is 0.252 e. The van der Waals surface area contributed by atoms with Gasteiger partial charge < -0.3 is 14.0 Å². The molecule has 0 atom stereocenters. The fourth-order valence-corrected chi connectivity index (χ4v) is 2.84. The molecule has 0 aliphatic heterocycles. The molecule has 1 aromatic carbocycles. The molecule has 0 spiro atoms. The minimum atomic E-state index is -0.283. The number of nitrogens with one attached hydrogen (secondary N) is 1. The van der Waals surface area contributed by atoms with Crippen LogP contribution in [0, 0.1) is 11.7 Å². The second-order valence-corrected chi connectivity index (χ2v) is 6.01. The Balaban J connectivity index is 2.17. The van der Waals surface area contributed by atoms with E-state index in [0.717, 1.165) is 17.0 Å². The average Bonchev–Trinajstić information content (AvgIpc) is 2.64. The Hall–Kier alpha value is -3.00. The highest BCUT2D eigenvalue weighted by Gasteiger charge is 2.14. The molecule has 7 nitrogen and oxygen atoms in total. The summed E-state index contributed by atoms with van der Waals surface area (Å²) in [4.78, 5) is 23.3. The van der Waals surface area contributed by atoms with Crippen LogP contribution in [0.15, 0.2) is 41.5 Å². The molecule has 1 N–H and O–H groups in total. The highest BCUT2D eigenvalue weighted by Crippen LogP contribution is 2.32. The van der Waals surface area contributed by atoms with E-state index in [4.69, 9.17) is 21.7 Å². The van der Waals surface area contributed by atoms with Gasteiger partial charge in [-0.05, 0) is 31.3 Å². The summed E-state index contributed by atoms with van der Waals surface area (Å²) in [5.74, 6) is 1.23. The number of hydrogen-bond acceptors (Lipinski definition) is 6. The zero-order valence-corrected chi connectivity index (χ0v) is 15.5. The van der Waals surface area contributed by atoms with Crippen molar-refractivity contribution in [2.45, 2.75) is 13.5 Å². The van der Waals surface area contributed by atoms with Crippen molar-refractivity contribution in [3.8, 4) is 22.8 Å². The van der Waals surface area contributed by atoms with Crippen molar-refractivity contribution in [3.63, 3.8) is 0 Å². The number of rotatable bonds is 5. The van der Waals surface area contributed by atoms with E-state index in [0.29, 0.717) is 28.5 Å². The van der Waals surface area contributed by atoms with Crippen LogP contribution in [0.2, 0.25) is 0 Å². The Labute approximate surface area is 155 Å². The maximum atomic E-state index is 12.0. The van der Waals surface area contributed by atoms with Gasteiger partial charge in [0.2, 0.25) is 0 Å². The molecular formula is C18H18N4O3S. The van der Waals surface area contributed by atoms with Gasteiger partial charge in [0.25, 0.3) is 5.56 Å². The van der Waals surface area contributed by atoms with Crippen molar-refractivity contribution in [1.82, 2.24) is 19.5 Å². The van der Waals surface area contributed by atoms with Crippen LogP contribution in [0.25, 0.3) is 11.3 Å². The summed E-state index contributed by atoms with van der Waals surface area (Å²) < 4.78 is 12.8. The Morgan fingerprint density at radius 3 is 2.62 bits per heavy atom. The Morgan fingerprint density at radius 2 is 1.96 bits per heavy atom. The number of aromatic nitrogens is 4. The lowest BCUT2D eigenvalue weighted by molar-refractivity contribution is 0.395. The fraction of sp³-hybridized carbons (Fsp3) is 0.222. The quantitative estimate of drug-likeness (QED) is 0.696. The van der Waals surface area contributed by atoms with Gasteiger partial charge >= 0.3 is 0 Å². The van der Waals surface area contributed by atoms with Gasteiger partial charge in [-0.25, -0.2) is 0 Å². The summed E-state index contributed by atoms with van der Waals surface area (Å²) >= 11 is 5.37. The average molecular weight is 370 g/mol. The van der Waals surface area contributed by atoms with E-state index < -0.39 is 0 Å². The molecule has 0 saturated heterocycles. The van der Waals surface area contributed by atoms with Crippen molar-refractivity contribution in [2.24, 2.45) is 0 Å². The van der Waals surface area contributed by atoms with Gasteiger partial charge in [0, 0.05) is 23.9 Å². The fourth-order valence-electron chi connectivity index (χ4n) is 2.57. The molecule has 2 aromatic heterocycles. The second kappa shape index (κ2) is 7.49. The minimum absolute atomic E-state index is 0.283. The summed E-state index contributed by atoms with van der Waals surface area (Å²) in [6.45, 7) is 2.24. The lowest BCUT2D eigenvalue weighted by Crippen LogP contribution is -2.16. The molecule has 0 bridgehead atoms. The van der Waals surface area contributed by atoms with Crippen molar-refractivity contribution in [1.29, 1.82) is 0 Å². The molecule has 0 unspecified atom stereocenters. The number of aromatic amines is 1. The summed E-state index contributed by atoms with van der Waals surface area (Å²) in [6.07, 6.45) is 3.38. The molecule has 0 radical (unpaired) electrons. The molecule has 3 aromatic rings. The minimum Gasteiger partial charge on any atom is -0.497 e. The van der Waals surface area contributed by atoms with E-state index in [9.17, 15) is 4.79 Å². The Bertz CT molecular complexity index is 1040. The maximum Gasteiger partial charge on any atom is 0.252 e. The first-order valence-corrected chi connectivity index (χ1v) is 8.26. The first-order valence-electron chi connectivity index (χ1n) is 7.86. The van der Waals surface area contributed by atoms with E-state index in [2.05, 4.69) is 15.0 Å². The first-order chi connectivity index (χ1) is 12.5. The van der Waals surface area contributed by atoms with E-state index in [1.165, 1.54) is 6.07 Å². The largest absolute Gasteiger partial charge is 0.497 e. The number of aryl methyl sites for hydroxylation is 1. The topological polar surface area (TPSA) is 82.0 Å². The van der Waals surface area contributed by atoms with E-state index in [1.807, 2.05) is 13.0 Å². The zero-order chi connectivity index (χ0) is 18.7.